The number of alkyl halides is 3. The van der Waals surface area contributed by atoms with Crippen LogP contribution in [0.4, 0.5) is 18.9 Å². The summed E-state index contributed by atoms with van der Waals surface area (Å²) in [5.41, 5.74) is -1.22. The van der Waals surface area contributed by atoms with Crippen LogP contribution in [-0.4, -0.2) is 21.0 Å². The zero-order valence-corrected chi connectivity index (χ0v) is 14.9. The number of hydrogen-bond acceptors (Lipinski definition) is 7. The Morgan fingerprint density at radius 2 is 2.00 bits per heavy atom. The van der Waals surface area contributed by atoms with Crippen molar-refractivity contribution in [3.05, 3.63) is 74.6 Å². The van der Waals surface area contributed by atoms with E-state index < -0.39 is 29.2 Å². The summed E-state index contributed by atoms with van der Waals surface area (Å²) in [5.74, 6) is -1.18. The third kappa shape index (κ3) is 4.69. The van der Waals surface area contributed by atoms with E-state index in [0.717, 1.165) is 30.3 Å². The molecule has 0 atom stereocenters. The molecule has 2 aromatic carbocycles. The van der Waals surface area contributed by atoms with Gasteiger partial charge in [0.15, 0.2) is 6.61 Å². The number of nitro groups is 1. The fourth-order valence-electron chi connectivity index (χ4n) is 2.25. The Kier molecular flexibility index (Phi) is 5.50. The van der Waals surface area contributed by atoms with E-state index in [1.165, 1.54) is 12.1 Å². The molecule has 3 rings (SSSR count). The van der Waals surface area contributed by atoms with Gasteiger partial charge in [-0.15, -0.1) is 0 Å². The van der Waals surface area contributed by atoms with Crippen molar-refractivity contribution in [2.45, 2.75) is 12.8 Å². The third-order valence-electron chi connectivity index (χ3n) is 3.63. The number of aromatic nitrogens is 2. The van der Waals surface area contributed by atoms with E-state index in [2.05, 4.69) is 10.1 Å². The smallest absolute Gasteiger partial charge is 0.416 e. The Morgan fingerprint density at radius 3 is 2.66 bits per heavy atom. The lowest BCUT2D eigenvalue weighted by Gasteiger charge is -2.06. The molecule has 0 fully saturated rings. The number of non-ortho nitro benzene ring substituents is 1. The summed E-state index contributed by atoms with van der Waals surface area (Å²) in [6.07, 6.45) is -4.53. The van der Waals surface area contributed by atoms with Crippen molar-refractivity contribution < 1.29 is 32.1 Å². The van der Waals surface area contributed by atoms with Crippen LogP contribution in [0.1, 0.15) is 21.8 Å². The fraction of sp³-hybridized carbons (Fsp3) is 0.118. The first-order chi connectivity index (χ1) is 13.6. The number of hydrogen-bond donors (Lipinski definition) is 0. The molecule has 29 heavy (non-hydrogen) atoms. The summed E-state index contributed by atoms with van der Waals surface area (Å²) in [5, 5.41) is 14.1. The molecule has 0 N–H and O–H groups in total. The summed E-state index contributed by atoms with van der Waals surface area (Å²) in [6, 6.07) is 7.54. The van der Waals surface area contributed by atoms with Crippen LogP contribution >= 0.6 is 11.6 Å². The van der Waals surface area contributed by atoms with Crippen molar-refractivity contribution in [2.24, 2.45) is 0 Å². The standard InChI is InChI=1S/C17H9ClF3N3O5/c18-13-7-11(24(26)27)4-5-12(13)16(25)28-8-14-22-15(23-29-14)9-2-1-3-10(6-9)17(19,20)21/h1-7H,8H2. The average molecular weight is 428 g/mol. The van der Waals surface area contributed by atoms with E-state index in [0.29, 0.717) is 0 Å². The zero-order chi connectivity index (χ0) is 21.2. The van der Waals surface area contributed by atoms with Gasteiger partial charge >= 0.3 is 12.1 Å². The molecule has 0 aliphatic rings. The van der Waals surface area contributed by atoms with Gasteiger partial charge in [0.25, 0.3) is 11.6 Å². The number of nitro benzene ring substituents is 1. The maximum atomic E-state index is 12.8. The molecule has 0 amide bonds. The van der Waals surface area contributed by atoms with Crippen LogP contribution < -0.4 is 0 Å². The summed E-state index contributed by atoms with van der Waals surface area (Å²) in [6.45, 7) is -0.474. The van der Waals surface area contributed by atoms with Crippen LogP contribution in [-0.2, 0) is 17.5 Å². The number of rotatable bonds is 5. The number of carbonyl (C=O) groups is 1. The van der Waals surface area contributed by atoms with Gasteiger partial charge in [0.2, 0.25) is 5.82 Å². The highest BCUT2D eigenvalue weighted by Crippen LogP contribution is 2.31. The summed E-state index contributed by atoms with van der Waals surface area (Å²) < 4.78 is 48.2. The van der Waals surface area contributed by atoms with Crippen LogP contribution in [0.5, 0.6) is 0 Å². The minimum absolute atomic E-state index is 0.0690. The van der Waals surface area contributed by atoms with Crippen molar-refractivity contribution in [1.29, 1.82) is 0 Å². The first-order valence-corrected chi connectivity index (χ1v) is 8.14. The molecule has 1 heterocycles. The number of carbonyl (C=O) groups excluding carboxylic acids is 1. The molecule has 0 aliphatic carbocycles. The molecular weight excluding hydrogens is 419 g/mol. The number of benzene rings is 2. The Balaban J connectivity index is 1.70. The van der Waals surface area contributed by atoms with Gasteiger partial charge in [0.05, 0.1) is 21.1 Å². The minimum atomic E-state index is -4.53. The van der Waals surface area contributed by atoms with Gasteiger partial charge in [-0.1, -0.05) is 28.9 Å². The SMILES string of the molecule is O=C(OCc1nc(-c2cccc(C(F)(F)F)c2)no1)c1ccc([N+](=O)[O-])cc1Cl. The molecule has 0 unspecified atom stereocenters. The molecule has 8 nitrogen and oxygen atoms in total. The van der Waals surface area contributed by atoms with Crippen LogP contribution in [0.2, 0.25) is 5.02 Å². The fourth-order valence-corrected chi connectivity index (χ4v) is 2.51. The molecule has 0 saturated heterocycles. The Hall–Kier alpha value is -3.47. The van der Waals surface area contributed by atoms with E-state index in [1.807, 2.05) is 0 Å². The normalized spacial score (nSPS) is 11.3. The molecule has 12 heteroatoms. The van der Waals surface area contributed by atoms with Crippen LogP contribution in [0.15, 0.2) is 47.0 Å². The van der Waals surface area contributed by atoms with E-state index in [9.17, 15) is 28.1 Å². The van der Waals surface area contributed by atoms with Crippen LogP contribution in [0.25, 0.3) is 11.4 Å². The Morgan fingerprint density at radius 1 is 1.24 bits per heavy atom. The molecule has 0 aliphatic heterocycles. The summed E-state index contributed by atoms with van der Waals surface area (Å²) >= 11 is 5.84. The lowest BCUT2D eigenvalue weighted by atomic mass is 10.1. The predicted molar refractivity (Wildman–Crippen MR) is 92.0 cm³/mol. The maximum Gasteiger partial charge on any atom is 0.416 e. The van der Waals surface area contributed by atoms with Gasteiger partial charge < -0.3 is 9.26 Å². The van der Waals surface area contributed by atoms with Gasteiger partial charge in [-0.05, 0) is 18.2 Å². The number of halogens is 4. The van der Waals surface area contributed by atoms with Gasteiger partial charge in [0, 0.05) is 17.7 Å². The third-order valence-corrected chi connectivity index (χ3v) is 3.94. The second kappa shape index (κ2) is 7.87. The molecule has 1 aromatic heterocycles. The molecule has 0 radical (unpaired) electrons. The largest absolute Gasteiger partial charge is 0.452 e. The van der Waals surface area contributed by atoms with E-state index in [4.69, 9.17) is 20.9 Å². The zero-order valence-electron chi connectivity index (χ0n) is 14.1. The van der Waals surface area contributed by atoms with Crippen molar-refractivity contribution in [3.63, 3.8) is 0 Å². The van der Waals surface area contributed by atoms with Crippen LogP contribution in [0, 0.1) is 10.1 Å². The van der Waals surface area contributed by atoms with Crippen molar-refractivity contribution in [1.82, 2.24) is 10.1 Å². The van der Waals surface area contributed by atoms with E-state index in [-0.39, 0.29) is 33.6 Å². The van der Waals surface area contributed by atoms with Gasteiger partial charge in [-0.2, -0.15) is 18.2 Å². The molecule has 3 aromatic rings. The maximum absolute atomic E-state index is 12.8. The summed E-state index contributed by atoms with van der Waals surface area (Å²) in [4.78, 5) is 26.0. The predicted octanol–water partition coefficient (Wildman–Crippen LogP) is 4.67. The Labute approximate surface area is 165 Å². The van der Waals surface area contributed by atoms with Gasteiger partial charge in [-0.25, -0.2) is 4.79 Å². The molecule has 0 saturated carbocycles. The molecular formula is C17H9ClF3N3O5. The molecule has 0 spiro atoms. The molecule has 150 valence electrons. The highest BCUT2D eigenvalue weighted by molar-refractivity contribution is 6.33. The number of ether oxygens (including phenoxy) is 1. The topological polar surface area (TPSA) is 108 Å². The van der Waals surface area contributed by atoms with Crippen molar-refractivity contribution in [3.8, 4) is 11.4 Å². The highest BCUT2D eigenvalue weighted by Gasteiger charge is 2.30. The van der Waals surface area contributed by atoms with Crippen molar-refractivity contribution >= 4 is 23.3 Å². The van der Waals surface area contributed by atoms with Gasteiger partial charge in [0.1, 0.15) is 0 Å². The monoisotopic (exact) mass is 427 g/mol. The van der Waals surface area contributed by atoms with E-state index in [1.54, 1.807) is 0 Å². The summed E-state index contributed by atoms with van der Waals surface area (Å²) in [7, 11) is 0. The second-order valence-corrected chi connectivity index (χ2v) is 5.99. The first-order valence-electron chi connectivity index (χ1n) is 7.76. The average Bonchev–Trinajstić information content (AvgIpc) is 3.14. The number of esters is 1. The Bertz CT molecular complexity index is 1080. The van der Waals surface area contributed by atoms with Crippen LogP contribution in [0.3, 0.4) is 0 Å². The molecule has 0 bridgehead atoms. The first kappa shape index (κ1) is 20.3. The van der Waals surface area contributed by atoms with Gasteiger partial charge in [-0.3, -0.25) is 10.1 Å². The minimum Gasteiger partial charge on any atom is -0.452 e. The van der Waals surface area contributed by atoms with Crippen molar-refractivity contribution in [2.75, 3.05) is 0 Å². The lowest BCUT2D eigenvalue weighted by molar-refractivity contribution is -0.384. The lowest BCUT2D eigenvalue weighted by Crippen LogP contribution is -2.06. The number of nitrogens with zero attached hydrogens (tertiary/aromatic N) is 3. The second-order valence-electron chi connectivity index (χ2n) is 5.59. The van der Waals surface area contributed by atoms with E-state index >= 15 is 0 Å². The highest BCUT2D eigenvalue weighted by atomic mass is 35.5. The quantitative estimate of drug-likeness (QED) is 0.330.